The Morgan fingerprint density at radius 3 is 2.55 bits per heavy atom. The highest BCUT2D eigenvalue weighted by molar-refractivity contribution is 5.94. The third-order valence-corrected chi connectivity index (χ3v) is 2.93. The summed E-state index contributed by atoms with van der Waals surface area (Å²) in [6.45, 7) is 7.79. The van der Waals surface area contributed by atoms with E-state index in [0.29, 0.717) is 12.2 Å². The van der Waals surface area contributed by atoms with E-state index in [4.69, 9.17) is 9.63 Å². The number of nitrogens with zero attached hydrogens (tertiary/aromatic N) is 1. The molecule has 0 radical (unpaired) electrons. The van der Waals surface area contributed by atoms with Crippen LogP contribution in [0.1, 0.15) is 63.2 Å². The van der Waals surface area contributed by atoms with E-state index in [2.05, 4.69) is 10.5 Å². The van der Waals surface area contributed by atoms with Crippen LogP contribution in [0, 0.1) is 0 Å². The molecule has 1 aromatic heterocycles. The fourth-order valence-electron chi connectivity index (χ4n) is 1.63. The third-order valence-electron chi connectivity index (χ3n) is 2.93. The van der Waals surface area contributed by atoms with Gasteiger partial charge in [0.1, 0.15) is 11.8 Å². The zero-order valence-electron chi connectivity index (χ0n) is 12.4. The molecule has 20 heavy (non-hydrogen) atoms. The second kappa shape index (κ2) is 6.54. The second-order valence-electron chi connectivity index (χ2n) is 5.83. The van der Waals surface area contributed by atoms with Crippen LogP contribution in [0.3, 0.4) is 0 Å². The van der Waals surface area contributed by atoms with Crippen molar-refractivity contribution >= 4 is 11.9 Å². The van der Waals surface area contributed by atoms with Gasteiger partial charge in [-0.3, -0.25) is 4.79 Å². The molecule has 1 heterocycles. The summed E-state index contributed by atoms with van der Waals surface area (Å²) in [7, 11) is 0. The molecule has 0 saturated carbocycles. The van der Waals surface area contributed by atoms with Crippen LogP contribution < -0.4 is 5.32 Å². The lowest BCUT2D eigenvalue weighted by molar-refractivity contribution is -0.139. The molecule has 0 bridgehead atoms. The maximum Gasteiger partial charge on any atom is 0.326 e. The summed E-state index contributed by atoms with van der Waals surface area (Å²) in [5.74, 6) is -0.970. The molecule has 0 aliphatic rings. The van der Waals surface area contributed by atoms with E-state index in [-0.39, 0.29) is 11.1 Å². The number of hydrogen-bond acceptors (Lipinski definition) is 4. The minimum absolute atomic E-state index is 0.109. The Balaban J connectivity index is 2.74. The number of aliphatic carboxylic acids is 1. The third kappa shape index (κ3) is 4.36. The summed E-state index contributed by atoms with van der Waals surface area (Å²) in [5.41, 5.74) is -0.141. The van der Waals surface area contributed by atoms with Crippen molar-refractivity contribution in [1.82, 2.24) is 10.5 Å². The Hall–Kier alpha value is -1.85. The summed E-state index contributed by atoms with van der Waals surface area (Å²) >= 11 is 0. The van der Waals surface area contributed by atoms with Gasteiger partial charge in [0.05, 0.1) is 0 Å². The maximum absolute atomic E-state index is 12.0. The average molecular weight is 282 g/mol. The monoisotopic (exact) mass is 282 g/mol. The Morgan fingerprint density at radius 2 is 2.10 bits per heavy atom. The first-order chi connectivity index (χ1) is 9.25. The first kappa shape index (κ1) is 16.2. The summed E-state index contributed by atoms with van der Waals surface area (Å²) in [5, 5.41) is 15.2. The Kier molecular flexibility index (Phi) is 5.30. The second-order valence-corrected chi connectivity index (χ2v) is 5.83. The zero-order valence-corrected chi connectivity index (χ0v) is 12.4. The number of aromatic nitrogens is 1. The molecule has 0 aliphatic carbocycles. The first-order valence-electron chi connectivity index (χ1n) is 6.76. The van der Waals surface area contributed by atoms with E-state index in [1.165, 1.54) is 0 Å². The molecule has 1 amide bonds. The Labute approximate surface area is 118 Å². The number of carbonyl (C=O) groups is 2. The van der Waals surface area contributed by atoms with Crippen LogP contribution in [0.4, 0.5) is 0 Å². The summed E-state index contributed by atoms with van der Waals surface area (Å²) in [6.07, 6.45) is 2.02. The molecule has 112 valence electrons. The molecular formula is C14H22N2O4. The van der Waals surface area contributed by atoms with Crippen LogP contribution in [0.5, 0.6) is 0 Å². The van der Waals surface area contributed by atoms with Gasteiger partial charge < -0.3 is 14.9 Å². The average Bonchev–Trinajstić information content (AvgIpc) is 2.83. The Morgan fingerprint density at radius 1 is 1.45 bits per heavy atom. The molecule has 6 heteroatoms. The van der Waals surface area contributed by atoms with E-state index < -0.39 is 17.9 Å². The topological polar surface area (TPSA) is 92.4 Å². The van der Waals surface area contributed by atoms with Gasteiger partial charge in [0, 0.05) is 11.5 Å². The van der Waals surface area contributed by atoms with Gasteiger partial charge in [-0.05, 0) is 6.42 Å². The number of nitrogens with one attached hydrogen (secondary N) is 1. The molecule has 0 saturated heterocycles. The Bertz CT molecular complexity index is 474. The molecule has 1 atom stereocenters. The molecule has 1 rings (SSSR count). The van der Waals surface area contributed by atoms with Gasteiger partial charge in [0.25, 0.3) is 5.91 Å². The van der Waals surface area contributed by atoms with Gasteiger partial charge in [-0.15, -0.1) is 0 Å². The van der Waals surface area contributed by atoms with Crippen LogP contribution >= 0.6 is 0 Å². The molecule has 2 N–H and O–H groups in total. The van der Waals surface area contributed by atoms with Gasteiger partial charge in [0.2, 0.25) is 0 Å². The number of hydrogen-bond donors (Lipinski definition) is 2. The van der Waals surface area contributed by atoms with Gasteiger partial charge >= 0.3 is 5.97 Å². The molecule has 0 aliphatic heterocycles. The molecular weight excluding hydrogens is 260 g/mol. The van der Waals surface area contributed by atoms with E-state index in [1.807, 2.05) is 27.7 Å². The van der Waals surface area contributed by atoms with Crippen LogP contribution in [0.15, 0.2) is 10.6 Å². The fourth-order valence-corrected chi connectivity index (χ4v) is 1.63. The van der Waals surface area contributed by atoms with E-state index in [0.717, 1.165) is 12.8 Å². The van der Waals surface area contributed by atoms with Crippen LogP contribution in [0.25, 0.3) is 0 Å². The van der Waals surface area contributed by atoms with Crippen molar-refractivity contribution in [2.45, 2.75) is 58.4 Å². The van der Waals surface area contributed by atoms with Crippen molar-refractivity contribution in [1.29, 1.82) is 0 Å². The molecule has 1 aromatic rings. The normalized spacial score (nSPS) is 13.0. The lowest BCUT2D eigenvalue weighted by Gasteiger charge is -2.13. The summed E-state index contributed by atoms with van der Waals surface area (Å²) in [4.78, 5) is 23.0. The quantitative estimate of drug-likeness (QED) is 0.835. The number of carbonyl (C=O) groups excluding carboxylic acids is 1. The number of unbranched alkanes of at least 4 members (excludes halogenated alkanes) is 1. The van der Waals surface area contributed by atoms with Gasteiger partial charge in [0.15, 0.2) is 5.69 Å². The molecule has 0 unspecified atom stereocenters. The van der Waals surface area contributed by atoms with Gasteiger partial charge in [-0.2, -0.15) is 0 Å². The largest absolute Gasteiger partial charge is 0.480 e. The minimum Gasteiger partial charge on any atom is -0.480 e. The highest BCUT2D eigenvalue weighted by Crippen LogP contribution is 2.22. The standard InChI is InChI=1S/C14H22N2O4/c1-5-6-7-9(13(18)19)15-12(17)10-8-11(20-16-10)14(2,3)4/h8-9H,5-7H2,1-4H3,(H,15,17)(H,18,19)/t9-/m0/s1. The number of rotatable bonds is 6. The smallest absolute Gasteiger partial charge is 0.326 e. The van der Waals surface area contributed by atoms with E-state index in [9.17, 15) is 9.59 Å². The molecule has 0 aromatic carbocycles. The lowest BCUT2D eigenvalue weighted by Crippen LogP contribution is -2.40. The van der Waals surface area contributed by atoms with Crippen molar-refractivity contribution in [3.8, 4) is 0 Å². The predicted octanol–water partition coefficient (Wildman–Crippen LogP) is 2.35. The molecule has 6 nitrogen and oxygen atoms in total. The van der Waals surface area contributed by atoms with Crippen molar-refractivity contribution in [3.05, 3.63) is 17.5 Å². The molecule has 0 fully saturated rings. The van der Waals surface area contributed by atoms with Crippen LogP contribution in [0.2, 0.25) is 0 Å². The van der Waals surface area contributed by atoms with Crippen molar-refractivity contribution in [2.75, 3.05) is 0 Å². The SMILES string of the molecule is CCCC[C@H](NC(=O)c1cc(C(C)(C)C)on1)C(=O)O. The summed E-state index contributed by atoms with van der Waals surface area (Å²) in [6, 6.07) is 0.658. The maximum atomic E-state index is 12.0. The van der Waals surface area contributed by atoms with E-state index >= 15 is 0 Å². The minimum atomic E-state index is -1.04. The first-order valence-corrected chi connectivity index (χ1v) is 6.76. The van der Waals surface area contributed by atoms with E-state index in [1.54, 1.807) is 6.07 Å². The van der Waals surface area contributed by atoms with Crippen molar-refractivity contribution in [3.63, 3.8) is 0 Å². The van der Waals surface area contributed by atoms with Gasteiger partial charge in [-0.25, -0.2) is 4.79 Å². The van der Waals surface area contributed by atoms with Gasteiger partial charge in [-0.1, -0.05) is 45.7 Å². The van der Waals surface area contributed by atoms with Crippen LogP contribution in [-0.4, -0.2) is 28.2 Å². The van der Waals surface area contributed by atoms with Crippen molar-refractivity contribution < 1.29 is 19.2 Å². The highest BCUT2D eigenvalue weighted by atomic mass is 16.5. The zero-order chi connectivity index (χ0) is 15.3. The lowest BCUT2D eigenvalue weighted by atomic mass is 9.93. The predicted molar refractivity (Wildman–Crippen MR) is 73.6 cm³/mol. The number of carboxylic acid groups (broad SMARTS) is 1. The summed E-state index contributed by atoms with van der Waals surface area (Å²) < 4.78 is 5.12. The number of carboxylic acids is 1. The van der Waals surface area contributed by atoms with Crippen molar-refractivity contribution in [2.24, 2.45) is 0 Å². The molecule has 0 spiro atoms. The van der Waals surface area contributed by atoms with Crippen LogP contribution in [-0.2, 0) is 10.2 Å². The number of amides is 1. The fraction of sp³-hybridized carbons (Fsp3) is 0.643. The highest BCUT2D eigenvalue weighted by Gasteiger charge is 2.25.